The van der Waals surface area contributed by atoms with Crippen molar-refractivity contribution >= 4 is 67.6 Å². The monoisotopic (exact) mass is 779 g/mol. The average Bonchev–Trinajstić information content (AvgIpc) is 3.18. The van der Waals surface area contributed by atoms with E-state index in [1.807, 2.05) is 54.6 Å². The topological polar surface area (TPSA) is 47.0 Å². The van der Waals surface area contributed by atoms with Crippen molar-refractivity contribution in [1.82, 2.24) is 4.98 Å². The predicted molar refractivity (Wildman–Crippen MR) is 220 cm³/mol. The zero-order valence-electron chi connectivity index (χ0n) is 26.8. The van der Waals surface area contributed by atoms with Crippen molar-refractivity contribution in [2.24, 2.45) is 0 Å². The van der Waals surface area contributed by atoms with Gasteiger partial charge in [0.2, 0.25) is 0 Å². The first kappa shape index (κ1) is 35.3. The minimum Gasteiger partial charge on any atom is -0.248 e. The van der Waals surface area contributed by atoms with Crippen molar-refractivity contribution in [3.05, 3.63) is 158 Å². The van der Waals surface area contributed by atoms with E-state index < -0.39 is 29.7 Å². The maximum Gasteiger partial charge on any atom is 0.147 e. The lowest BCUT2D eigenvalue weighted by molar-refractivity contribution is 0.690. The zero-order chi connectivity index (χ0) is 35.5. The number of nitrogens with zero attached hydrogens (tertiary/aromatic N) is 1. The Bertz CT molecular complexity index is 2160. The van der Waals surface area contributed by atoms with Crippen molar-refractivity contribution in [3.63, 3.8) is 0 Å². The van der Waals surface area contributed by atoms with Gasteiger partial charge in [0.1, 0.15) is 20.0 Å². The van der Waals surface area contributed by atoms with Gasteiger partial charge >= 0.3 is 0 Å². The molecule has 0 fully saturated rings. The van der Waals surface area contributed by atoms with Crippen molar-refractivity contribution in [1.29, 1.82) is 0 Å². The van der Waals surface area contributed by atoms with Gasteiger partial charge in [0, 0.05) is 16.0 Å². The summed E-state index contributed by atoms with van der Waals surface area (Å²) in [6.07, 6.45) is 0. The number of hydrogen-bond donors (Lipinski definition) is 0. The van der Waals surface area contributed by atoms with Crippen LogP contribution in [0.5, 0.6) is 0 Å². The molecule has 3 unspecified atom stereocenters. The van der Waals surface area contributed by atoms with Gasteiger partial charge in [-0.2, -0.15) is 0 Å². The Labute approximate surface area is 318 Å². The Morgan fingerprint density at radius 1 is 0.373 bits per heavy atom. The number of benzene rings is 6. The molecule has 0 spiro atoms. The fourth-order valence-electron chi connectivity index (χ4n) is 5.89. The van der Waals surface area contributed by atoms with Gasteiger partial charge in [0.15, 0.2) is 0 Å². The summed E-state index contributed by atoms with van der Waals surface area (Å²) in [6.45, 7) is 0. The third-order valence-corrected chi connectivity index (χ3v) is 12.2. The molecule has 0 radical (unpaired) electrons. The summed E-state index contributed by atoms with van der Waals surface area (Å²) in [5.74, 6) is 3.95. The number of aromatic nitrogens is 1. The van der Waals surface area contributed by atoms with Crippen molar-refractivity contribution in [2.45, 2.75) is 14.7 Å². The molecule has 7 aromatic rings. The highest BCUT2D eigenvalue weighted by atomic mass is 35.7. The van der Waals surface area contributed by atoms with Crippen LogP contribution in [0.15, 0.2) is 172 Å². The van der Waals surface area contributed by atoms with Gasteiger partial charge < -0.3 is 0 Å². The molecule has 1 heterocycles. The third-order valence-electron chi connectivity index (χ3n) is 8.53. The van der Waals surface area contributed by atoms with E-state index in [-0.39, 0.29) is 0 Å². The molecule has 51 heavy (non-hydrogen) atoms. The molecule has 0 saturated carbocycles. The Kier molecular flexibility index (Phi) is 10.8. The highest BCUT2D eigenvalue weighted by Gasteiger charge is 2.13. The second kappa shape index (κ2) is 15.6. The Balaban J connectivity index is 1.34. The highest BCUT2D eigenvalue weighted by molar-refractivity contribution is 8.33. The highest BCUT2D eigenvalue weighted by Crippen LogP contribution is 2.36. The SMILES string of the molecule is C=S(Cl)c1ccc(-c2cccc(-c3cc(-c4cccc(-c5ccc(S(=O)Cl)cc5)c4)cc(-c4cccc(-c5ccc(S(=O)Cl)cc5)c4)n3)c2)cc1. The average molecular weight is 781 g/mol. The molecule has 0 amide bonds. The molecule has 9 heteroatoms. The summed E-state index contributed by atoms with van der Waals surface area (Å²) in [4.78, 5) is 7.35. The van der Waals surface area contributed by atoms with Crippen LogP contribution >= 0.6 is 41.7 Å². The standard InChI is InChI=1S/C42H28Cl3NO2S3/c1-49(43)38-17-11-28(12-18-38)32-6-3-9-35(24-32)41-26-37(34-8-2-5-31(23-34)29-13-19-39(20-14-29)50(44)47)27-42(46-41)36-10-4-7-33(25-36)30-15-21-40(22-16-30)51(45)48/h2-27H,1H2. The summed E-state index contributed by atoms with van der Waals surface area (Å²) >= 11 is 0. The summed E-state index contributed by atoms with van der Waals surface area (Å²) < 4.78 is 23.5. The van der Waals surface area contributed by atoms with Crippen LogP contribution in [0.25, 0.3) is 67.0 Å². The first-order chi connectivity index (χ1) is 24.7. The largest absolute Gasteiger partial charge is 0.248 e. The van der Waals surface area contributed by atoms with Crippen LogP contribution in [0.3, 0.4) is 0 Å². The summed E-state index contributed by atoms with van der Waals surface area (Å²) in [6, 6.07) is 52.3. The van der Waals surface area contributed by atoms with Gasteiger partial charge in [-0.25, -0.2) is 13.4 Å². The fraction of sp³-hybridized carbons (Fsp3) is 0. The molecule has 0 aliphatic rings. The number of halogens is 3. The third kappa shape index (κ3) is 8.18. The second-order valence-electron chi connectivity index (χ2n) is 11.7. The van der Waals surface area contributed by atoms with Crippen LogP contribution in [0.4, 0.5) is 0 Å². The molecule has 0 saturated heterocycles. The summed E-state index contributed by atoms with van der Waals surface area (Å²) in [7, 11) is 14.1. The van der Waals surface area contributed by atoms with E-state index in [1.54, 1.807) is 24.3 Å². The van der Waals surface area contributed by atoms with E-state index in [0.717, 1.165) is 71.9 Å². The molecule has 7 rings (SSSR count). The molecule has 6 aromatic carbocycles. The lowest BCUT2D eigenvalue weighted by Crippen LogP contribution is -1.93. The van der Waals surface area contributed by atoms with E-state index in [4.69, 9.17) is 37.0 Å². The Hall–Kier alpha value is -4.14. The van der Waals surface area contributed by atoms with E-state index in [9.17, 15) is 8.42 Å². The Morgan fingerprint density at radius 3 is 1.04 bits per heavy atom. The molecule has 3 nitrogen and oxygen atoms in total. The van der Waals surface area contributed by atoms with Crippen LogP contribution in [0, 0.1) is 0 Å². The molecular formula is C42H28Cl3NO2S3. The molecule has 252 valence electrons. The molecule has 0 aliphatic heterocycles. The molecule has 1 aromatic heterocycles. The van der Waals surface area contributed by atoms with Crippen LogP contribution in [0.1, 0.15) is 0 Å². The second-order valence-corrected chi connectivity index (χ2v) is 17.5. The van der Waals surface area contributed by atoms with Gasteiger partial charge in [-0.05, 0) is 143 Å². The van der Waals surface area contributed by atoms with Gasteiger partial charge in [-0.3, -0.25) is 0 Å². The van der Waals surface area contributed by atoms with Gasteiger partial charge in [0.25, 0.3) is 0 Å². The molecule has 0 bridgehead atoms. The lowest BCUT2D eigenvalue weighted by atomic mass is 9.95. The maximum atomic E-state index is 11.8. The lowest BCUT2D eigenvalue weighted by Gasteiger charge is -2.13. The summed E-state index contributed by atoms with van der Waals surface area (Å²) in [5, 5.41) is 0. The van der Waals surface area contributed by atoms with Gasteiger partial charge in [0.05, 0.1) is 21.2 Å². The van der Waals surface area contributed by atoms with E-state index in [2.05, 4.69) is 84.7 Å². The number of hydrogen-bond acceptors (Lipinski definition) is 3. The van der Waals surface area contributed by atoms with E-state index in [1.165, 1.54) is 0 Å². The van der Waals surface area contributed by atoms with Gasteiger partial charge in [-0.15, -0.1) is 0 Å². The number of pyridine rings is 1. The molecule has 3 atom stereocenters. The van der Waals surface area contributed by atoms with E-state index in [0.29, 0.717) is 9.79 Å². The quantitative estimate of drug-likeness (QED) is 0.108. The van der Waals surface area contributed by atoms with Crippen molar-refractivity contribution in [2.75, 3.05) is 0 Å². The number of rotatable bonds is 9. The molecule has 0 N–H and O–H groups in total. The van der Waals surface area contributed by atoms with Crippen molar-refractivity contribution in [3.8, 4) is 67.0 Å². The first-order valence-electron chi connectivity index (χ1n) is 15.7. The van der Waals surface area contributed by atoms with Crippen LogP contribution in [-0.4, -0.2) is 19.3 Å². The fourth-order valence-corrected chi connectivity index (χ4v) is 7.95. The zero-order valence-corrected chi connectivity index (χ0v) is 31.6. The summed E-state index contributed by atoms with van der Waals surface area (Å²) in [5.41, 5.74) is 11.8. The van der Waals surface area contributed by atoms with Crippen molar-refractivity contribution < 1.29 is 8.42 Å². The minimum absolute atomic E-state index is 0.562. The minimum atomic E-state index is -1.57. The normalized spacial score (nSPS) is 13.0. The van der Waals surface area contributed by atoms with E-state index >= 15 is 0 Å². The van der Waals surface area contributed by atoms with Gasteiger partial charge in [-0.1, -0.05) is 107 Å². The Morgan fingerprint density at radius 2 is 0.686 bits per heavy atom. The smallest absolute Gasteiger partial charge is 0.147 e. The predicted octanol–water partition coefficient (Wildman–Crippen LogP) is 12.8. The molecular weight excluding hydrogens is 753 g/mol. The maximum absolute atomic E-state index is 11.8. The molecule has 0 aliphatic carbocycles. The van der Waals surface area contributed by atoms with Crippen LogP contribution < -0.4 is 0 Å². The van der Waals surface area contributed by atoms with Crippen LogP contribution in [0.2, 0.25) is 0 Å². The first-order valence-corrected chi connectivity index (χ1v) is 21.9. The van der Waals surface area contributed by atoms with Crippen LogP contribution in [-0.2, 0) is 20.0 Å².